The maximum absolute atomic E-state index is 15.8. The number of hydrogen-bond acceptors (Lipinski definition) is 32. The molecule has 9 atom stereocenters. The van der Waals surface area contributed by atoms with E-state index in [1.54, 1.807) is 34.8 Å². The number of aliphatic hydroxyl groups excluding tert-OH is 2. The van der Waals surface area contributed by atoms with E-state index in [-0.39, 0.29) is 157 Å². The molecule has 0 radical (unpaired) electrons. The van der Waals surface area contributed by atoms with Gasteiger partial charge in [0.15, 0.2) is 11.7 Å². The Morgan fingerprint density at radius 2 is 1.16 bits per heavy atom. The van der Waals surface area contributed by atoms with Crippen LogP contribution in [0.5, 0.6) is 0 Å². The van der Waals surface area contributed by atoms with E-state index < -0.39 is 193 Å². The Hall–Kier alpha value is -11.3. The molecule has 13 N–H and O–H groups in total. The van der Waals surface area contributed by atoms with Gasteiger partial charge in [0, 0.05) is 99.9 Å². The fourth-order valence-electron chi connectivity index (χ4n) is 15.7. The number of alkyl halides is 2. The van der Waals surface area contributed by atoms with Gasteiger partial charge in [-0.3, -0.25) is 71.8 Å². The van der Waals surface area contributed by atoms with Gasteiger partial charge in [-0.1, -0.05) is 20.8 Å². The molecular weight excluding hydrogens is 1840 g/mol. The second-order valence-electron chi connectivity index (χ2n) is 33.7. The Bertz CT molecular complexity index is 5050. The molecule has 0 bridgehead atoms. The van der Waals surface area contributed by atoms with Crippen LogP contribution in [0.1, 0.15) is 157 Å². The van der Waals surface area contributed by atoms with E-state index in [2.05, 4.69) is 58.2 Å². The zero-order chi connectivity index (χ0) is 101. The summed E-state index contributed by atoms with van der Waals surface area (Å²) in [7, 11) is 1.61. The molecular formula is C91H128F3N15O30. The summed E-state index contributed by atoms with van der Waals surface area (Å²) in [5, 5.41) is 57.7. The Balaban J connectivity index is 0.740. The number of pyridine rings is 2. The largest absolute Gasteiger partial charge is 0.458 e. The first-order valence-corrected chi connectivity index (χ1v) is 46.5. The molecule has 5 aliphatic rings. The Morgan fingerprint density at radius 1 is 0.604 bits per heavy atom. The Kier molecular flexibility index (Phi) is 45.1. The van der Waals surface area contributed by atoms with Crippen molar-refractivity contribution in [3.8, 4) is 11.4 Å². The predicted molar refractivity (Wildman–Crippen MR) is 484 cm³/mol. The first-order chi connectivity index (χ1) is 66.7. The molecule has 1 aromatic carbocycles. The summed E-state index contributed by atoms with van der Waals surface area (Å²) in [6, 6.07) is -2.49. The number of ether oxygens (including phenoxy) is 12. The summed E-state index contributed by atoms with van der Waals surface area (Å²) >= 11 is 0. The number of rotatable bonds is 65. The number of carbonyl (C=O) groups is 13. The Morgan fingerprint density at radius 3 is 1.73 bits per heavy atom. The van der Waals surface area contributed by atoms with Crippen molar-refractivity contribution in [1.29, 1.82) is 0 Å². The highest BCUT2D eigenvalue weighted by molar-refractivity contribution is 6.13. The first-order valence-electron chi connectivity index (χ1n) is 46.5. The standard InChI is InChI=1S/C91H128F3N15O30/c1-7-90(127)60-47-66-80-58(50-109(66)86(124)59(60)52-138-88(90)125)78-62(18-17-57-55(4)61(92)48-65(102-80)77(57)78)103-82(120)56(5)99-85(123)79(54(2)3)106-84(122)64(19-20-70(112)95-25-10-14-69(111)98-49-73(115)104-68-23-28-108(89(126)105-68)87-91(93,94)81(119)67(51-110)139-87)101-71(113)15-11-26-97-83(121)63(100-72(114)16-12-27-107-75(117)21-22-76(107)118)13-8-9-24-96-74(116)53-137-46-45-136-44-43-135-42-41-134-40-39-133-38-37-132-36-35-131-34-33-130-32-31-129-30-29-128-6/h21-23,28,47-48,54,56,62-64,67,79,81,87,110,119,127H,7-20,24-27,29-46,49-53H2,1-6H3,(H,95,112)(H,96,116)(H,97,121)(H,98,111)(H,99,123)(H,100,114)(H,101,113)(H,103,120)(H,106,122)(H,104,105,115,126)/t56-,62-,63+,64+,67-,79+,81-,87-,90?/m1/s1. The number of halogens is 3. The number of aromatic nitrogens is 4. The lowest BCUT2D eigenvalue weighted by atomic mass is 9.81. The highest BCUT2D eigenvalue weighted by Crippen LogP contribution is 2.47. The van der Waals surface area contributed by atoms with E-state index in [1.807, 2.05) is 0 Å². The van der Waals surface area contributed by atoms with Crippen molar-refractivity contribution >= 4 is 93.6 Å². The van der Waals surface area contributed by atoms with Crippen LogP contribution in [-0.4, -0.2) is 330 Å². The lowest BCUT2D eigenvalue weighted by molar-refractivity contribution is -0.172. The summed E-state index contributed by atoms with van der Waals surface area (Å²) in [5.41, 5.74) is -1.15. The van der Waals surface area contributed by atoms with Gasteiger partial charge in [0.1, 0.15) is 55.1 Å². The van der Waals surface area contributed by atoms with Crippen molar-refractivity contribution in [1.82, 2.24) is 71.9 Å². The summed E-state index contributed by atoms with van der Waals surface area (Å²) in [6.45, 7) is 12.2. The van der Waals surface area contributed by atoms with Gasteiger partial charge in [0.05, 0.1) is 167 Å². The molecule has 45 nitrogen and oxygen atoms in total. The molecule has 1 fully saturated rings. The van der Waals surface area contributed by atoms with Crippen LogP contribution in [0.2, 0.25) is 0 Å². The zero-order valence-corrected chi connectivity index (χ0v) is 78.9. The molecule has 1 saturated heterocycles. The summed E-state index contributed by atoms with van der Waals surface area (Å²) in [5.74, 6) is -14.8. The average molecular weight is 1970 g/mol. The lowest BCUT2D eigenvalue weighted by Gasteiger charge is -2.31. The molecule has 48 heteroatoms. The maximum Gasteiger partial charge on any atom is 0.351 e. The minimum absolute atomic E-state index is 0.000101. The maximum atomic E-state index is 15.8. The summed E-state index contributed by atoms with van der Waals surface area (Å²) < 4.78 is 111. The van der Waals surface area contributed by atoms with E-state index in [4.69, 9.17) is 61.8 Å². The number of nitrogens with one attached hydrogen (secondary N) is 10. The predicted octanol–water partition coefficient (Wildman–Crippen LogP) is -1.20. The molecule has 1 aliphatic carbocycles. The molecule has 4 aliphatic heterocycles. The third-order valence-corrected chi connectivity index (χ3v) is 23.4. The topological polar surface area (TPSA) is 587 Å². The van der Waals surface area contributed by atoms with Crippen LogP contribution in [0.4, 0.5) is 19.0 Å². The third kappa shape index (κ3) is 32.7. The van der Waals surface area contributed by atoms with Crippen LogP contribution in [0.15, 0.2) is 46.1 Å². The zero-order valence-electron chi connectivity index (χ0n) is 78.9. The first kappa shape index (κ1) is 111. The number of carbonyl (C=O) groups excluding carboxylic acids is 13. The number of benzene rings is 1. The van der Waals surface area contributed by atoms with Gasteiger partial charge in [0.2, 0.25) is 65.3 Å². The number of imide groups is 1. The smallest absolute Gasteiger partial charge is 0.351 e. The number of nitrogens with zero attached hydrogens (tertiary/aromatic N) is 5. The van der Waals surface area contributed by atoms with Crippen LogP contribution in [0.3, 0.4) is 0 Å². The van der Waals surface area contributed by atoms with E-state index in [1.165, 1.54) is 23.6 Å². The molecule has 4 aromatic rings. The molecule has 3 aromatic heterocycles. The van der Waals surface area contributed by atoms with Gasteiger partial charge in [-0.15, -0.1) is 0 Å². The van der Waals surface area contributed by atoms with E-state index >= 15 is 4.39 Å². The van der Waals surface area contributed by atoms with Gasteiger partial charge in [-0.25, -0.2) is 19.0 Å². The number of fused-ring (bicyclic) bond motifs is 5. The number of esters is 1. The van der Waals surface area contributed by atoms with Crippen LogP contribution in [0.25, 0.3) is 22.3 Å². The number of aryl methyl sites for hydroxylation is 1. The highest BCUT2D eigenvalue weighted by Gasteiger charge is 2.60. The van der Waals surface area contributed by atoms with E-state index in [9.17, 15) is 96.0 Å². The second kappa shape index (κ2) is 56.3. The van der Waals surface area contributed by atoms with Crippen molar-refractivity contribution < 1.29 is 148 Å². The summed E-state index contributed by atoms with van der Waals surface area (Å²) in [6.07, 6.45) is -3.95. The number of methoxy groups -OCH3 is 1. The van der Waals surface area contributed by atoms with Crippen LogP contribution >= 0.6 is 0 Å². The number of cyclic esters (lactones) is 1. The normalized spacial score (nSPS) is 18.0. The molecule has 768 valence electrons. The Labute approximate surface area is 798 Å². The van der Waals surface area contributed by atoms with Crippen LogP contribution in [0, 0.1) is 18.7 Å². The number of anilines is 1. The van der Waals surface area contributed by atoms with Crippen molar-refractivity contribution in [2.24, 2.45) is 5.92 Å². The summed E-state index contributed by atoms with van der Waals surface area (Å²) in [4.78, 5) is 210. The monoisotopic (exact) mass is 1970 g/mol. The molecule has 9 rings (SSSR count). The fourth-order valence-corrected chi connectivity index (χ4v) is 15.7. The van der Waals surface area contributed by atoms with E-state index in [0.717, 1.165) is 29.3 Å². The van der Waals surface area contributed by atoms with Crippen molar-refractivity contribution in [3.63, 3.8) is 0 Å². The SMILES string of the molecule is CCC1(O)C(=O)OCc2c1cc1n(c2=O)Cc2c-1nc1cc(F)c(C)c3c1c2[C@H](NC(=O)[C@@H](C)NC(=O)[C@@H](NC(=O)[C@H](CCC(=O)NCCCC(=O)NCC(=O)Nc1ccn([C@@H]2O[C@H](CO)[C@@H](O)C2(F)F)c(=O)n1)NC(=O)CCCNC(=O)[C@H](CCCCNC(=O)COCCOCCOCCOCCOCCOCCOCCOCCOCCOC)NC(=O)CCCN1C(=O)C=CC1=O)C(C)C)CC3. The van der Waals surface area contributed by atoms with Gasteiger partial charge >= 0.3 is 17.6 Å². The van der Waals surface area contributed by atoms with Crippen molar-refractivity contribution in [2.45, 2.75) is 198 Å². The molecule has 12 amide bonds. The van der Waals surface area contributed by atoms with Crippen molar-refractivity contribution in [2.75, 3.05) is 177 Å². The molecule has 0 saturated carbocycles. The highest BCUT2D eigenvalue weighted by atomic mass is 19.3. The number of unbranched alkanes of at least 4 members (excludes halogenated alkanes) is 1. The minimum atomic E-state index is -4.00. The van der Waals surface area contributed by atoms with Gasteiger partial charge in [0.25, 0.3) is 17.4 Å². The molecule has 1 unspecified atom stereocenters. The average Bonchev–Trinajstić information content (AvgIpc) is 1.57. The lowest BCUT2D eigenvalue weighted by Crippen LogP contribution is -2.58. The molecule has 0 spiro atoms. The fraction of sp³-hybridized carbons (Fsp3) is 0.637. The van der Waals surface area contributed by atoms with Crippen LogP contribution < -0.4 is 64.4 Å². The third-order valence-electron chi connectivity index (χ3n) is 23.4. The number of aliphatic hydroxyl groups is 3. The number of hydrogen-bond donors (Lipinski definition) is 13. The number of amides is 12. The quantitative estimate of drug-likeness (QED) is 0.0124. The van der Waals surface area contributed by atoms with Crippen molar-refractivity contribution in [3.05, 3.63) is 96.6 Å². The van der Waals surface area contributed by atoms with Gasteiger partial charge in [-0.05, 0) is 113 Å². The van der Waals surface area contributed by atoms with E-state index in [0.29, 0.717) is 144 Å². The van der Waals surface area contributed by atoms with Crippen LogP contribution in [-0.2, 0) is 144 Å². The molecule has 139 heavy (non-hydrogen) atoms. The van der Waals surface area contributed by atoms with Gasteiger partial charge in [-0.2, -0.15) is 13.8 Å². The minimum Gasteiger partial charge on any atom is -0.458 e. The second-order valence-corrected chi connectivity index (χ2v) is 33.7. The van der Waals surface area contributed by atoms with Gasteiger partial charge < -0.3 is 130 Å². The molecule has 7 heterocycles.